The van der Waals surface area contributed by atoms with Crippen LogP contribution in [0.15, 0.2) is 35.7 Å². The Hall–Kier alpha value is -2.16. The Morgan fingerprint density at radius 2 is 2.10 bits per heavy atom. The van der Waals surface area contributed by atoms with Gasteiger partial charge in [-0.3, -0.25) is 4.79 Å². The van der Waals surface area contributed by atoms with E-state index in [0.717, 1.165) is 10.4 Å². The zero-order valence-corrected chi connectivity index (χ0v) is 11.5. The summed E-state index contributed by atoms with van der Waals surface area (Å²) in [7, 11) is 0. The van der Waals surface area contributed by atoms with Crippen molar-refractivity contribution in [2.75, 3.05) is 6.54 Å². The van der Waals surface area contributed by atoms with Gasteiger partial charge in [-0.05, 0) is 30.3 Å². The van der Waals surface area contributed by atoms with Crippen LogP contribution in [-0.2, 0) is 6.54 Å². The predicted octanol–water partition coefficient (Wildman–Crippen LogP) is 2.13. The monoisotopic (exact) mass is 288 g/mol. The average Bonchev–Trinajstić information content (AvgIpc) is 2.91. The van der Waals surface area contributed by atoms with Crippen LogP contribution in [-0.4, -0.2) is 12.5 Å². The second-order valence-corrected chi connectivity index (χ2v) is 4.99. The third-order valence-electron chi connectivity index (χ3n) is 2.52. The molecule has 0 atom stereocenters. The maximum Gasteiger partial charge on any atom is 0.251 e. The Kier molecular flexibility index (Phi) is 4.88. The van der Waals surface area contributed by atoms with Crippen LogP contribution in [0.2, 0.25) is 0 Å². The van der Waals surface area contributed by atoms with Crippen molar-refractivity contribution in [2.45, 2.75) is 6.54 Å². The van der Waals surface area contributed by atoms with E-state index in [-0.39, 0.29) is 11.7 Å². The van der Waals surface area contributed by atoms with Crippen molar-refractivity contribution in [3.05, 3.63) is 57.5 Å². The third kappa shape index (κ3) is 3.92. The number of carbonyl (C=O) groups excluding carboxylic acids is 1. The average molecular weight is 288 g/mol. The van der Waals surface area contributed by atoms with E-state index in [4.69, 9.17) is 5.73 Å². The summed E-state index contributed by atoms with van der Waals surface area (Å²) in [5.74, 6) is 5.12. The molecule has 0 saturated carbocycles. The van der Waals surface area contributed by atoms with Gasteiger partial charge in [-0.1, -0.05) is 11.8 Å². The number of hydrogen-bond donors (Lipinski definition) is 2. The van der Waals surface area contributed by atoms with Gasteiger partial charge in [-0.25, -0.2) is 4.39 Å². The molecule has 3 nitrogen and oxygen atoms in total. The molecular weight excluding hydrogens is 275 g/mol. The number of nitrogens with one attached hydrogen (secondary N) is 1. The molecule has 2 rings (SSSR count). The molecule has 1 heterocycles. The van der Waals surface area contributed by atoms with Crippen LogP contribution in [0.1, 0.15) is 20.8 Å². The fraction of sp³-hybridized carbons (Fsp3) is 0.133. The molecular formula is C15H13FN2OS. The highest BCUT2D eigenvalue weighted by atomic mass is 32.1. The van der Waals surface area contributed by atoms with E-state index in [1.54, 1.807) is 0 Å². The molecule has 0 bridgehead atoms. The fourth-order valence-electron chi connectivity index (χ4n) is 1.56. The van der Waals surface area contributed by atoms with Gasteiger partial charge in [0.1, 0.15) is 5.82 Å². The molecule has 1 amide bonds. The zero-order valence-electron chi connectivity index (χ0n) is 10.7. The van der Waals surface area contributed by atoms with Gasteiger partial charge in [0, 0.05) is 21.4 Å². The highest BCUT2D eigenvalue weighted by Crippen LogP contribution is 2.13. The van der Waals surface area contributed by atoms with Gasteiger partial charge in [0.15, 0.2) is 0 Å². The lowest BCUT2D eigenvalue weighted by Gasteiger charge is -2.03. The largest absolute Gasteiger partial charge is 0.347 e. The third-order valence-corrected chi connectivity index (χ3v) is 3.45. The van der Waals surface area contributed by atoms with Crippen LogP contribution < -0.4 is 11.1 Å². The van der Waals surface area contributed by atoms with E-state index in [1.807, 2.05) is 11.4 Å². The summed E-state index contributed by atoms with van der Waals surface area (Å²) >= 11 is 1.52. The van der Waals surface area contributed by atoms with Crippen molar-refractivity contribution in [2.24, 2.45) is 5.73 Å². The summed E-state index contributed by atoms with van der Waals surface area (Å²) in [6.07, 6.45) is 0. The topological polar surface area (TPSA) is 55.1 Å². The SMILES string of the molecule is NCC#Cc1csc(CNC(=O)c2ccc(F)cc2)c1. The molecule has 1 aromatic carbocycles. The fourth-order valence-corrected chi connectivity index (χ4v) is 2.32. The Bertz CT molecular complexity index is 653. The van der Waals surface area contributed by atoms with E-state index < -0.39 is 0 Å². The van der Waals surface area contributed by atoms with E-state index in [2.05, 4.69) is 17.2 Å². The summed E-state index contributed by atoms with van der Waals surface area (Å²) in [5.41, 5.74) is 6.63. The van der Waals surface area contributed by atoms with E-state index in [1.165, 1.54) is 35.6 Å². The van der Waals surface area contributed by atoms with Crippen molar-refractivity contribution >= 4 is 17.2 Å². The van der Waals surface area contributed by atoms with Gasteiger partial charge in [-0.15, -0.1) is 11.3 Å². The van der Waals surface area contributed by atoms with Gasteiger partial charge in [0.25, 0.3) is 5.91 Å². The number of benzene rings is 1. The first kappa shape index (κ1) is 14.3. The van der Waals surface area contributed by atoms with Crippen molar-refractivity contribution in [1.29, 1.82) is 0 Å². The second kappa shape index (κ2) is 6.85. The zero-order chi connectivity index (χ0) is 14.4. The molecule has 2 aromatic rings. The predicted molar refractivity (Wildman–Crippen MR) is 77.8 cm³/mol. The van der Waals surface area contributed by atoms with E-state index >= 15 is 0 Å². The maximum atomic E-state index is 12.8. The lowest BCUT2D eigenvalue weighted by molar-refractivity contribution is 0.0951. The van der Waals surface area contributed by atoms with Crippen molar-refractivity contribution in [3.8, 4) is 11.8 Å². The van der Waals surface area contributed by atoms with Crippen LogP contribution in [0.3, 0.4) is 0 Å². The number of halogens is 1. The van der Waals surface area contributed by atoms with Gasteiger partial charge < -0.3 is 11.1 Å². The lowest BCUT2D eigenvalue weighted by atomic mass is 10.2. The molecule has 0 spiro atoms. The van der Waals surface area contributed by atoms with Crippen LogP contribution in [0, 0.1) is 17.7 Å². The molecule has 20 heavy (non-hydrogen) atoms. The molecule has 0 saturated heterocycles. The molecule has 3 N–H and O–H groups in total. The normalized spacial score (nSPS) is 9.70. The van der Waals surface area contributed by atoms with Gasteiger partial charge in [-0.2, -0.15) is 0 Å². The van der Waals surface area contributed by atoms with Crippen LogP contribution in [0.5, 0.6) is 0 Å². The highest BCUT2D eigenvalue weighted by molar-refractivity contribution is 7.10. The number of carbonyl (C=O) groups is 1. The molecule has 0 aliphatic heterocycles. The Balaban J connectivity index is 1.93. The standard InChI is InChI=1S/C15H13FN2OS/c16-13-5-3-12(4-6-13)15(19)18-9-14-8-11(10-20-14)2-1-7-17/h3-6,8,10H,7,9,17H2,(H,18,19). The van der Waals surface area contributed by atoms with Gasteiger partial charge in [0.05, 0.1) is 13.1 Å². The molecule has 0 radical (unpaired) electrons. The van der Waals surface area contributed by atoms with Crippen molar-refractivity contribution in [3.63, 3.8) is 0 Å². The number of hydrogen-bond acceptors (Lipinski definition) is 3. The number of nitrogens with two attached hydrogens (primary N) is 1. The lowest BCUT2D eigenvalue weighted by Crippen LogP contribution is -2.22. The van der Waals surface area contributed by atoms with Crippen molar-refractivity contribution < 1.29 is 9.18 Å². The van der Waals surface area contributed by atoms with Crippen LogP contribution in [0.25, 0.3) is 0 Å². The molecule has 1 aromatic heterocycles. The maximum absolute atomic E-state index is 12.8. The van der Waals surface area contributed by atoms with E-state index in [0.29, 0.717) is 18.7 Å². The minimum absolute atomic E-state index is 0.229. The van der Waals surface area contributed by atoms with Gasteiger partial charge in [0.2, 0.25) is 0 Å². The molecule has 0 fully saturated rings. The first-order chi connectivity index (χ1) is 9.69. The first-order valence-corrected chi connectivity index (χ1v) is 6.87. The second-order valence-electron chi connectivity index (χ2n) is 4.00. The Morgan fingerprint density at radius 1 is 1.35 bits per heavy atom. The summed E-state index contributed by atoms with van der Waals surface area (Å²) in [5, 5.41) is 4.70. The molecule has 5 heteroatoms. The van der Waals surface area contributed by atoms with Crippen LogP contribution in [0.4, 0.5) is 4.39 Å². The molecule has 0 aliphatic carbocycles. The minimum atomic E-state index is -0.358. The smallest absolute Gasteiger partial charge is 0.251 e. The summed E-state index contributed by atoms with van der Waals surface area (Å²) in [6, 6.07) is 7.36. The van der Waals surface area contributed by atoms with Crippen LogP contribution >= 0.6 is 11.3 Å². The van der Waals surface area contributed by atoms with Gasteiger partial charge >= 0.3 is 0 Å². The number of rotatable bonds is 3. The van der Waals surface area contributed by atoms with E-state index in [9.17, 15) is 9.18 Å². The molecule has 102 valence electrons. The Labute approximate surface area is 120 Å². The summed E-state index contributed by atoms with van der Waals surface area (Å²) < 4.78 is 12.8. The summed E-state index contributed by atoms with van der Waals surface area (Å²) in [4.78, 5) is 12.8. The quantitative estimate of drug-likeness (QED) is 0.850. The molecule has 0 aliphatic rings. The van der Waals surface area contributed by atoms with Crippen molar-refractivity contribution in [1.82, 2.24) is 5.32 Å². The summed E-state index contributed by atoms with van der Waals surface area (Å²) in [6.45, 7) is 0.748. The highest BCUT2D eigenvalue weighted by Gasteiger charge is 2.06. The number of amides is 1. The number of thiophene rings is 1. The Morgan fingerprint density at radius 3 is 2.80 bits per heavy atom. The first-order valence-electron chi connectivity index (χ1n) is 5.99. The molecule has 0 unspecified atom stereocenters. The minimum Gasteiger partial charge on any atom is -0.347 e.